The van der Waals surface area contributed by atoms with E-state index in [0.717, 1.165) is 11.3 Å². The molecule has 1 aromatic heterocycles. The molecule has 26 heavy (non-hydrogen) atoms. The Balaban J connectivity index is 1.44. The van der Waals surface area contributed by atoms with Gasteiger partial charge in [0.05, 0.1) is 5.69 Å². The van der Waals surface area contributed by atoms with Gasteiger partial charge in [-0.2, -0.15) is 10.2 Å². The Bertz CT molecular complexity index is 814. The number of aromatic nitrogens is 2. The van der Waals surface area contributed by atoms with Gasteiger partial charge in [0.25, 0.3) is 0 Å². The van der Waals surface area contributed by atoms with Crippen molar-refractivity contribution in [1.82, 2.24) is 15.1 Å². The molecule has 0 unspecified atom stereocenters. The molecule has 0 spiro atoms. The molecule has 0 atom stereocenters. The first kappa shape index (κ1) is 16.8. The van der Waals surface area contributed by atoms with Crippen LogP contribution in [0.2, 0.25) is 6.32 Å². The number of nitrogens with zero attached hydrogens (tertiary/aromatic N) is 3. The van der Waals surface area contributed by atoms with Gasteiger partial charge in [0.2, 0.25) is 0 Å². The highest BCUT2D eigenvalue weighted by Crippen LogP contribution is 2.37. The van der Waals surface area contributed by atoms with E-state index in [4.69, 9.17) is 9.39 Å². The molecule has 1 saturated heterocycles. The summed E-state index contributed by atoms with van der Waals surface area (Å²) in [7, 11) is -0.984. The Labute approximate surface area is 150 Å². The molecule has 2 aliphatic heterocycles. The zero-order valence-electron chi connectivity index (χ0n) is 14.0. The lowest BCUT2D eigenvalue weighted by molar-refractivity contribution is 0.0126. The van der Waals surface area contributed by atoms with Crippen LogP contribution in [0.4, 0.5) is 0 Å². The highest BCUT2D eigenvalue weighted by atomic mass is 16.5. The van der Waals surface area contributed by atoms with Crippen molar-refractivity contribution >= 4 is 13.1 Å². The van der Waals surface area contributed by atoms with Gasteiger partial charge in [-0.05, 0) is 36.5 Å². The molecule has 2 N–H and O–H groups in total. The van der Waals surface area contributed by atoms with Gasteiger partial charge in [-0.15, -0.1) is 0 Å². The quantitative estimate of drug-likeness (QED) is 0.761. The molecule has 9 heteroatoms. The van der Waals surface area contributed by atoms with E-state index in [1.807, 2.05) is 12.1 Å². The maximum absolute atomic E-state index is 11.7. The summed E-state index contributed by atoms with van der Waals surface area (Å²) in [5.41, 5.74) is 1.64. The van der Waals surface area contributed by atoms with Gasteiger partial charge < -0.3 is 19.5 Å². The molecule has 0 aliphatic carbocycles. The van der Waals surface area contributed by atoms with E-state index in [0.29, 0.717) is 32.4 Å². The first-order chi connectivity index (χ1) is 12.6. The molecule has 134 valence electrons. The average molecular weight is 355 g/mol. The summed E-state index contributed by atoms with van der Waals surface area (Å²) >= 11 is 0. The molecule has 4 rings (SSSR count). The summed E-state index contributed by atoms with van der Waals surface area (Å²) in [6.07, 6.45) is 2.56. The van der Waals surface area contributed by atoms with Gasteiger partial charge in [-0.25, -0.2) is 4.79 Å². The van der Waals surface area contributed by atoms with E-state index >= 15 is 0 Å². The van der Waals surface area contributed by atoms with Gasteiger partial charge in [0.15, 0.2) is 0 Å². The summed E-state index contributed by atoms with van der Waals surface area (Å²) in [5.74, 6) is -0.638. The number of carbonyl (C=O) groups is 1. The number of hydrogen-bond donors (Lipinski definition) is 2. The van der Waals surface area contributed by atoms with Crippen LogP contribution in [0.25, 0.3) is 0 Å². The number of benzene rings is 1. The molecule has 1 aromatic carbocycles. The van der Waals surface area contributed by atoms with Crippen molar-refractivity contribution in [3.05, 3.63) is 47.3 Å². The van der Waals surface area contributed by atoms with Crippen molar-refractivity contribution in [2.45, 2.75) is 25.4 Å². The van der Waals surface area contributed by atoms with Crippen molar-refractivity contribution in [2.24, 2.45) is 0 Å². The van der Waals surface area contributed by atoms with Gasteiger partial charge in [0, 0.05) is 25.8 Å². The number of carboxylic acid groups (broad SMARTS) is 1. The maximum atomic E-state index is 11.7. The van der Waals surface area contributed by atoms with Crippen LogP contribution in [-0.4, -0.2) is 57.5 Å². The van der Waals surface area contributed by atoms with Crippen molar-refractivity contribution in [1.29, 1.82) is 0 Å². The number of fused-ring (bicyclic) bond motifs is 1. The topological polar surface area (TPSA) is 105 Å². The second-order valence-corrected chi connectivity index (χ2v) is 6.49. The van der Waals surface area contributed by atoms with Gasteiger partial charge in [-0.1, -0.05) is 6.07 Å². The Morgan fingerprint density at radius 1 is 1.38 bits per heavy atom. The number of ether oxygens (including phenoxy) is 1. The van der Waals surface area contributed by atoms with E-state index in [2.05, 4.69) is 15.1 Å². The number of hydrogen-bond acceptors (Lipinski definition) is 7. The molecule has 2 aliphatic rings. The lowest BCUT2D eigenvalue weighted by Crippen LogP contribution is -2.53. The number of aromatic carboxylic acids is 1. The predicted molar refractivity (Wildman–Crippen MR) is 92.2 cm³/mol. The zero-order valence-corrected chi connectivity index (χ0v) is 14.0. The highest BCUT2D eigenvalue weighted by molar-refractivity contribution is 6.44. The van der Waals surface area contributed by atoms with Crippen LogP contribution < -0.4 is 9.39 Å². The lowest BCUT2D eigenvalue weighted by atomic mass is 9.78. The summed E-state index contributed by atoms with van der Waals surface area (Å²) in [6, 6.07) is 7.24. The molecule has 0 radical (unpaired) electrons. The van der Waals surface area contributed by atoms with E-state index in [9.17, 15) is 14.9 Å². The highest BCUT2D eigenvalue weighted by Gasteiger charge is 2.33. The predicted octanol–water partition coefficient (Wildman–Crippen LogP) is 0.853. The van der Waals surface area contributed by atoms with Crippen LogP contribution in [0.5, 0.6) is 11.5 Å². The fourth-order valence-electron chi connectivity index (χ4n) is 3.27. The third-order valence-corrected chi connectivity index (χ3v) is 4.56. The molecule has 2 aromatic rings. The Morgan fingerprint density at radius 2 is 2.23 bits per heavy atom. The average Bonchev–Trinajstić information content (AvgIpc) is 2.60. The smallest absolute Gasteiger partial charge is 0.522 e. The van der Waals surface area contributed by atoms with Crippen molar-refractivity contribution in [3.8, 4) is 11.5 Å². The lowest BCUT2D eigenvalue weighted by Gasteiger charge is -2.39. The second kappa shape index (κ2) is 6.93. The van der Waals surface area contributed by atoms with E-state index in [-0.39, 0.29) is 23.2 Å². The summed E-state index contributed by atoms with van der Waals surface area (Å²) in [4.78, 5) is 13.9. The van der Waals surface area contributed by atoms with Crippen LogP contribution in [-0.2, 0) is 13.0 Å². The molecular formula is C17H18BN3O5. The summed E-state index contributed by atoms with van der Waals surface area (Å²) < 4.78 is 11.3. The largest absolute Gasteiger partial charge is 0.535 e. The fourth-order valence-corrected chi connectivity index (χ4v) is 3.27. The van der Waals surface area contributed by atoms with Crippen molar-refractivity contribution < 1.29 is 24.3 Å². The fraction of sp³-hybridized carbons (Fsp3) is 0.353. The Hall–Kier alpha value is -2.65. The van der Waals surface area contributed by atoms with Crippen LogP contribution >= 0.6 is 0 Å². The van der Waals surface area contributed by atoms with Crippen LogP contribution in [0.3, 0.4) is 0 Å². The van der Waals surface area contributed by atoms with Crippen LogP contribution in [0.15, 0.2) is 30.5 Å². The monoisotopic (exact) mass is 355 g/mol. The minimum absolute atomic E-state index is 0.0198. The molecule has 1 fully saturated rings. The maximum Gasteiger partial charge on any atom is 0.522 e. The normalized spacial score (nSPS) is 17.2. The second-order valence-electron chi connectivity index (χ2n) is 6.49. The molecule has 0 bridgehead atoms. The summed E-state index contributed by atoms with van der Waals surface area (Å²) in [5, 5.41) is 27.2. The number of aryl methyl sites for hydroxylation is 1. The van der Waals surface area contributed by atoms with Gasteiger partial charge in [0.1, 0.15) is 23.2 Å². The third kappa shape index (κ3) is 3.35. The molecule has 0 saturated carbocycles. The SMILES string of the molecule is O=C(O)c1c(OC2CN(Cc3cccnn3)C2)ccc2c1OB(O)CC2. The van der Waals surface area contributed by atoms with Crippen molar-refractivity contribution in [2.75, 3.05) is 13.1 Å². The zero-order chi connectivity index (χ0) is 18.1. The minimum Gasteiger partial charge on any atom is -0.535 e. The Morgan fingerprint density at radius 3 is 2.96 bits per heavy atom. The minimum atomic E-state index is -1.12. The third-order valence-electron chi connectivity index (χ3n) is 4.56. The van der Waals surface area contributed by atoms with Crippen LogP contribution in [0, 0.1) is 0 Å². The van der Waals surface area contributed by atoms with E-state index < -0.39 is 13.1 Å². The van der Waals surface area contributed by atoms with Gasteiger partial charge >= 0.3 is 13.1 Å². The molecule has 3 heterocycles. The molecule has 0 amide bonds. The molecule has 8 nitrogen and oxygen atoms in total. The van der Waals surface area contributed by atoms with Gasteiger partial charge in [-0.3, -0.25) is 4.90 Å². The van der Waals surface area contributed by atoms with Crippen LogP contribution in [0.1, 0.15) is 21.6 Å². The van der Waals surface area contributed by atoms with Crippen molar-refractivity contribution in [3.63, 3.8) is 0 Å². The first-order valence-electron chi connectivity index (χ1n) is 8.49. The number of rotatable bonds is 5. The molecular weight excluding hydrogens is 337 g/mol. The van der Waals surface area contributed by atoms with E-state index in [1.165, 1.54) is 0 Å². The first-order valence-corrected chi connectivity index (χ1v) is 8.49. The standard InChI is InChI=1S/C17H18BN3O5/c22-17(23)15-14(4-3-11-5-6-18(24)26-16(11)15)25-13-9-21(10-13)8-12-2-1-7-19-20-12/h1-4,7,13,24H,5-6,8-10H2,(H,22,23). The Kier molecular flexibility index (Phi) is 4.48. The number of carboxylic acids is 1. The summed E-state index contributed by atoms with van der Waals surface area (Å²) in [6.45, 7) is 2.03. The number of likely N-dealkylation sites (tertiary alicyclic amines) is 1. The van der Waals surface area contributed by atoms with E-state index in [1.54, 1.807) is 18.3 Å².